The second-order valence-electron chi connectivity index (χ2n) is 7.80. The van der Waals surface area contributed by atoms with Crippen LogP contribution in [-0.2, 0) is 29.5 Å². The minimum atomic E-state index is -0.613. The highest BCUT2D eigenvalue weighted by Gasteiger charge is 2.28. The number of aryl methyl sites for hydroxylation is 2. The zero-order valence-corrected chi connectivity index (χ0v) is 18.5. The maximum Gasteiger partial charge on any atom is 0.337 e. The fourth-order valence-corrected chi connectivity index (χ4v) is 3.75. The number of carbonyl (C=O) groups excluding carboxylic acids is 3. The molecule has 0 aliphatic carbocycles. The fourth-order valence-electron chi connectivity index (χ4n) is 3.75. The van der Waals surface area contributed by atoms with Crippen molar-refractivity contribution in [3.8, 4) is 5.75 Å². The molecule has 1 aliphatic heterocycles. The lowest BCUT2D eigenvalue weighted by Gasteiger charge is -2.13. The van der Waals surface area contributed by atoms with E-state index in [1.54, 1.807) is 32.2 Å². The number of ether oxygens (including phenoxy) is 2. The summed E-state index contributed by atoms with van der Waals surface area (Å²) in [5.41, 5.74) is 3.36. The van der Waals surface area contributed by atoms with Crippen molar-refractivity contribution in [2.75, 3.05) is 12.4 Å². The molecule has 2 aromatic carbocycles. The first-order chi connectivity index (χ1) is 15.8. The van der Waals surface area contributed by atoms with E-state index in [1.807, 2.05) is 24.3 Å². The molecule has 1 atom stereocenters. The van der Waals surface area contributed by atoms with Crippen molar-refractivity contribution in [3.63, 3.8) is 0 Å². The number of benzene rings is 2. The first-order valence-corrected chi connectivity index (χ1v) is 10.4. The van der Waals surface area contributed by atoms with Gasteiger partial charge < -0.3 is 20.1 Å². The zero-order valence-electron chi connectivity index (χ0n) is 18.5. The molecule has 33 heavy (non-hydrogen) atoms. The summed E-state index contributed by atoms with van der Waals surface area (Å²) in [7, 11) is 2.96. The molecule has 2 N–H and O–H groups in total. The number of amides is 2. The average molecular weight is 448 g/mol. The molecule has 0 spiro atoms. The van der Waals surface area contributed by atoms with Gasteiger partial charge in [-0.3, -0.25) is 14.3 Å². The van der Waals surface area contributed by atoms with Crippen LogP contribution in [-0.4, -0.2) is 40.8 Å². The van der Waals surface area contributed by atoms with Crippen LogP contribution in [0, 0.1) is 6.92 Å². The van der Waals surface area contributed by atoms with Gasteiger partial charge in [0.2, 0.25) is 0 Å². The molecule has 3 aromatic rings. The van der Waals surface area contributed by atoms with Crippen LogP contribution in [0.2, 0.25) is 0 Å². The van der Waals surface area contributed by atoms with Crippen LogP contribution in [0.15, 0.2) is 48.5 Å². The van der Waals surface area contributed by atoms with E-state index in [0.717, 1.165) is 5.56 Å². The molecule has 1 aliphatic rings. The Kier molecular flexibility index (Phi) is 6.12. The first kappa shape index (κ1) is 22.1. The van der Waals surface area contributed by atoms with Gasteiger partial charge in [0.1, 0.15) is 11.4 Å². The van der Waals surface area contributed by atoms with Gasteiger partial charge in [-0.25, -0.2) is 4.79 Å². The van der Waals surface area contributed by atoms with E-state index in [-0.39, 0.29) is 23.9 Å². The third-order valence-corrected chi connectivity index (χ3v) is 5.31. The monoisotopic (exact) mass is 448 g/mol. The van der Waals surface area contributed by atoms with Gasteiger partial charge in [-0.1, -0.05) is 18.2 Å². The Morgan fingerprint density at radius 1 is 1.18 bits per heavy atom. The standard InChI is InChI=1S/C24H24N4O5/c1-14-8-19(28(2)27-14)22(29)26-18-10-15(9-17(11-18)24(31)32-3)13-25-23(30)21-12-16-6-4-5-7-20(16)33-21/h4-11,21H,12-13H2,1-3H3,(H,25,30)(H,26,29)/t21-/m0/s1. The molecule has 0 bridgehead atoms. The van der Waals surface area contributed by atoms with Gasteiger partial charge in [0.05, 0.1) is 18.4 Å². The summed E-state index contributed by atoms with van der Waals surface area (Å²) in [5, 5.41) is 9.80. The number of nitrogens with one attached hydrogen (secondary N) is 2. The van der Waals surface area contributed by atoms with Crippen LogP contribution in [0.5, 0.6) is 5.75 Å². The summed E-state index contributed by atoms with van der Waals surface area (Å²) < 4.78 is 12.0. The van der Waals surface area contributed by atoms with Gasteiger partial charge in [-0.15, -0.1) is 0 Å². The van der Waals surface area contributed by atoms with Crippen LogP contribution in [0.3, 0.4) is 0 Å². The van der Waals surface area contributed by atoms with Crippen LogP contribution in [0.1, 0.15) is 37.7 Å². The maximum atomic E-state index is 12.7. The molecule has 0 fully saturated rings. The highest BCUT2D eigenvalue weighted by molar-refractivity contribution is 6.04. The number of nitrogens with zero attached hydrogens (tertiary/aromatic N) is 2. The molecule has 0 unspecified atom stereocenters. The Balaban J connectivity index is 1.48. The summed E-state index contributed by atoms with van der Waals surface area (Å²) in [6, 6.07) is 14.0. The molecule has 9 heteroatoms. The fraction of sp³-hybridized carbons (Fsp3) is 0.250. The van der Waals surface area contributed by atoms with Crippen molar-refractivity contribution in [1.29, 1.82) is 0 Å². The SMILES string of the molecule is COC(=O)c1cc(CNC(=O)[C@@H]2Cc3ccccc3O2)cc(NC(=O)c2cc(C)nn2C)c1. The van der Waals surface area contributed by atoms with Crippen molar-refractivity contribution in [2.45, 2.75) is 26.0 Å². The lowest BCUT2D eigenvalue weighted by Crippen LogP contribution is -2.37. The topological polar surface area (TPSA) is 112 Å². The zero-order chi connectivity index (χ0) is 23.5. The molecule has 170 valence electrons. The number of fused-ring (bicyclic) bond motifs is 1. The van der Waals surface area contributed by atoms with Crippen molar-refractivity contribution < 1.29 is 23.9 Å². The number of hydrogen-bond acceptors (Lipinski definition) is 6. The molecule has 9 nitrogen and oxygen atoms in total. The van der Waals surface area contributed by atoms with Gasteiger partial charge in [-0.2, -0.15) is 5.10 Å². The largest absolute Gasteiger partial charge is 0.480 e. The van der Waals surface area contributed by atoms with Gasteiger partial charge >= 0.3 is 5.97 Å². The predicted molar refractivity (Wildman–Crippen MR) is 120 cm³/mol. The third kappa shape index (κ3) is 4.87. The average Bonchev–Trinajstić information content (AvgIpc) is 3.39. The molecule has 0 saturated carbocycles. The summed E-state index contributed by atoms with van der Waals surface area (Å²) in [5.74, 6) is -0.469. The number of aromatic nitrogens is 2. The molecule has 0 radical (unpaired) electrons. The lowest BCUT2D eigenvalue weighted by atomic mass is 10.1. The number of para-hydroxylation sites is 1. The normalized spacial score (nSPS) is 14.2. The Morgan fingerprint density at radius 2 is 1.97 bits per heavy atom. The number of methoxy groups -OCH3 is 1. The van der Waals surface area contributed by atoms with Crippen molar-refractivity contribution in [2.24, 2.45) is 7.05 Å². The van der Waals surface area contributed by atoms with Crippen molar-refractivity contribution >= 4 is 23.5 Å². The second kappa shape index (κ2) is 9.15. The van der Waals surface area contributed by atoms with E-state index in [0.29, 0.717) is 34.8 Å². The van der Waals surface area contributed by atoms with Gasteiger partial charge in [0, 0.05) is 25.7 Å². The molecule has 2 amide bonds. The Bertz CT molecular complexity index is 1210. The number of anilines is 1. The van der Waals surface area contributed by atoms with E-state index in [2.05, 4.69) is 15.7 Å². The van der Waals surface area contributed by atoms with E-state index in [9.17, 15) is 14.4 Å². The number of carbonyl (C=O) groups is 3. The summed E-state index contributed by atoms with van der Waals surface area (Å²) >= 11 is 0. The number of esters is 1. The summed E-state index contributed by atoms with van der Waals surface area (Å²) in [4.78, 5) is 37.5. The van der Waals surface area contributed by atoms with Crippen LogP contribution in [0.25, 0.3) is 0 Å². The Labute approximate surface area is 190 Å². The van der Waals surface area contributed by atoms with Gasteiger partial charge in [0.15, 0.2) is 6.10 Å². The lowest BCUT2D eigenvalue weighted by molar-refractivity contribution is -0.127. The highest BCUT2D eigenvalue weighted by Crippen LogP contribution is 2.28. The van der Waals surface area contributed by atoms with Crippen LogP contribution >= 0.6 is 0 Å². The smallest absolute Gasteiger partial charge is 0.337 e. The predicted octanol–water partition coefficient (Wildman–Crippen LogP) is 2.39. The maximum absolute atomic E-state index is 12.7. The third-order valence-electron chi connectivity index (χ3n) is 5.31. The highest BCUT2D eigenvalue weighted by atomic mass is 16.5. The summed E-state index contributed by atoms with van der Waals surface area (Å²) in [6.07, 6.45) is -0.117. The van der Waals surface area contributed by atoms with Crippen molar-refractivity contribution in [3.05, 3.63) is 76.6 Å². The quantitative estimate of drug-likeness (QED) is 0.560. The molecule has 4 rings (SSSR count). The molecular formula is C24H24N4O5. The minimum Gasteiger partial charge on any atom is -0.480 e. The van der Waals surface area contributed by atoms with Crippen LogP contribution in [0.4, 0.5) is 5.69 Å². The first-order valence-electron chi connectivity index (χ1n) is 10.4. The van der Waals surface area contributed by atoms with E-state index in [4.69, 9.17) is 9.47 Å². The molecule has 1 aromatic heterocycles. The Hall–Kier alpha value is -4.14. The van der Waals surface area contributed by atoms with Gasteiger partial charge in [-0.05, 0) is 48.4 Å². The number of rotatable bonds is 6. The molecule has 2 heterocycles. The van der Waals surface area contributed by atoms with E-state index >= 15 is 0 Å². The molecular weight excluding hydrogens is 424 g/mol. The minimum absolute atomic E-state index is 0.146. The second-order valence-corrected chi connectivity index (χ2v) is 7.80. The van der Waals surface area contributed by atoms with E-state index in [1.165, 1.54) is 17.9 Å². The van der Waals surface area contributed by atoms with Crippen molar-refractivity contribution in [1.82, 2.24) is 15.1 Å². The number of hydrogen-bond donors (Lipinski definition) is 2. The van der Waals surface area contributed by atoms with Gasteiger partial charge in [0.25, 0.3) is 11.8 Å². The van der Waals surface area contributed by atoms with E-state index < -0.39 is 12.1 Å². The molecule has 0 saturated heterocycles. The Morgan fingerprint density at radius 3 is 2.67 bits per heavy atom. The summed E-state index contributed by atoms with van der Waals surface area (Å²) in [6.45, 7) is 1.94. The van der Waals surface area contributed by atoms with Crippen LogP contribution < -0.4 is 15.4 Å².